The van der Waals surface area contributed by atoms with Crippen LogP contribution in [0, 0.1) is 0 Å². The lowest BCUT2D eigenvalue weighted by molar-refractivity contribution is -0.140. The van der Waals surface area contributed by atoms with E-state index in [1.165, 1.54) is 23.5 Å². The minimum atomic E-state index is -3.63. The van der Waals surface area contributed by atoms with Crippen molar-refractivity contribution < 1.29 is 22.7 Å². The summed E-state index contributed by atoms with van der Waals surface area (Å²) >= 11 is 0. The fourth-order valence-electron chi connectivity index (χ4n) is 2.84. The zero-order valence-corrected chi connectivity index (χ0v) is 15.3. The Morgan fingerprint density at radius 3 is 2.76 bits per heavy atom. The van der Waals surface area contributed by atoms with Gasteiger partial charge in [-0.05, 0) is 38.0 Å². The van der Waals surface area contributed by atoms with Gasteiger partial charge in [-0.25, -0.2) is 8.42 Å². The molecule has 1 N–H and O–H groups in total. The molecule has 1 aromatic carbocycles. The second-order valence-electron chi connectivity index (χ2n) is 6.07. The molecular formula is C17H24N2O5S. The molecule has 1 aliphatic heterocycles. The second-order valence-corrected chi connectivity index (χ2v) is 7.96. The average Bonchev–Trinajstić information content (AvgIpc) is 2.61. The summed E-state index contributed by atoms with van der Waals surface area (Å²) in [6.07, 6.45) is 2.77. The molecule has 1 heterocycles. The molecule has 8 heteroatoms. The number of amides is 1. The lowest BCUT2D eigenvalue weighted by atomic mass is 10.1. The van der Waals surface area contributed by atoms with E-state index in [-0.39, 0.29) is 29.5 Å². The van der Waals surface area contributed by atoms with Gasteiger partial charge in [-0.2, -0.15) is 4.31 Å². The van der Waals surface area contributed by atoms with E-state index < -0.39 is 21.9 Å². The zero-order valence-electron chi connectivity index (χ0n) is 14.5. The van der Waals surface area contributed by atoms with Gasteiger partial charge >= 0.3 is 5.97 Å². The van der Waals surface area contributed by atoms with Gasteiger partial charge in [0.2, 0.25) is 10.0 Å². The third-order valence-electron chi connectivity index (χ3n) is 4.29. The molecule has 1 saturated heterocycles. The Balaban J connectivity index is 2.12. The molecule has 0 saturated carbocycles. The number of nitrogens with zero attached hydrogens (tertiary/aromatic N) is 1. The number of esters is 1. The summed E-state index contributed by atoms with van der Waals surface area (Å²) in [4.78, 5) is 23.3. The topological polar surface area (TPSA) is 92.8 Å². The molecule has 0 bridgehead atoms. The average molecular weight is 368 g/mol. The molecule has 1 atom stereocenters. The summed E-state index contributed by atoms with van der Waals surface area (Å²) in [6.45, 7) is 2.53. The van der Waals surface area contributed by atoms with E-state index in [0.29, 0.717) is 6.54 Å². The summed E-state index contributed by atoms with van der Waals surface area (Å²) < 4.78 is 31.7. The number of carbonyl (C=O) groups is 2. The monoisotopic (exact) mass is 368 g/mol. The van der Waals surface area contributed by atoms with E-state index in [1.807, 2.05) is 6.92 Å². The van der Waals surface area contributed by atoms with Crippen molar-refractivity contribution in [1.82, 2.24) is 9.62 Å². The third kappa shape index (κ3) is 4.79. The van der Waals surface area contributed by atoms with E-state index >= 15 is 0 Å². The Kier molecular flexibility index (Phi) is 6.55. The number of hydrogen-bond acceptors (Lipinski definition) is 5. The SMILES string of the molecule is COC(=O)CCNC(=O)c1cccc(S(=O)(=O)N2CCCCC2C)c1. The first-order valence-corrected chi connectivity index (χ1v) is 9.77. The standard InChI is InChI=1S/C17H24N2O5S/c1-13-6-3-4-11-19(13)25(22,23)15-8-5-7-14(12-15)17(21)18-10-9-16(20)24-2/h5,7-8,12-13H,3-4,6,9-11H2,1-2H3,(H,18,21). The van der Waals surface area contributed by atoms with Crippen LogP contribution in [0.1, 0.15) is 43.0 Å². The Morgan fingerprint density at radius 2 is 2.08 bits per heavy atom. The minimum absolute atomic E-state index is 0.0451. The molecular weight excluding hydrogens is 344 g/mol. The molecule has 0 aromatic heterocycles. The number of ether oxygens (including phenoxy) is 1. The Hall–Kier alpha value is -1.93. The van der Waals surface area contributed by atoms with Gasteiger partial charge in [-0.15, -0.1) is 0 Å². The van der Waals surface area contributed by atoms with Gasteiger partial charge in [0.25, 0.3) is 5.91 Å². The molecule has 25 heavy (non-hydrogen) atoms. The van der Waals surface area contributed by atoms with E-state index in [2.05, 4.69) is 10.1 Å². The normalized spacial score (nSPS) is 18.6. The van der Waals surface area contributed by atoms with Crippen LogP contribution in [0.5, 0.6) is 0 Å². The van der Waals surface area contributed by atoms with E-state index in [4.69, 9.17) is 0 Å². The number of methoxy groups -OCH3 is 1. The van der Waals surface area contributed by atoms with Gasteiger partial charge in [0.05, 0.1) is 18.4 Å². The lowest BCUT2D eigenvalue weighted by Crippen LogP contribution is -2.42. The molecule has 1 unspecified atom stereocenters. The van der Waals surface area contributed by atoms with Crippen LogP contribution in [0.3, 0.4) is 0 Å². The van der Waals surface area contributed by atoms with Crippen LogP contribution in [0.15, 0.2) is 29.2 Å². The summed E-state index contributed by atoms with van der Waals surface area (Å²) in [7, 11) is -2.35. The molecule has 0 spiro atoms. The maximum absolute atomic E-state index is 12.8. The van der Waals surface area contributed by atoms with Gasteiger partial charge in [0, 0.05) is 24.7 Å². The summed E-state index contributed by atoms with van der Waals surface area (Å²) in [6, 6.07) is 5.94. The molecule has 0 aliphatic carbocycles. The number of piperidine rings is 1. The fraction of sp³-hybridized carbons (Fsp3) is 0.529. The summed E-state index contributed by atoms with van der Waals surface area (Å²) in [5, 5.41) is 2.58. The predicted molar refractivity (Wildman–Crippen MR) is 92.6 cm³/mol. The van der Waals surface area contributed by atoms with Gasteiger partial charge in [0.1, 0.15) is 0 Å². The van der Waals surface area contributed by atoms with Crippen LogP contribution in [-0.4, -0.2) is 50.8 Å². The fourth-order valence-corrected chi connectivity index (χ4v) is 4.59. The summed E-state index contributed by atoms with van der Waals surface area (Å²) in [5.41, 5.74) is 0.246. The molecule has 1 fully saturated rings. The van der Waals surface area contributed by atoms with E-state index in [0.717, 1.165) is 19.3 Å². The first-order valence-electron chi connectivity index (χ1n) is 8.33. The molecule has 0 radical (unpaired) electrons. The second kappa shape index (κ2) is 8.44. The third-order valence-corrected chi connectivity index (χ3v) is 6.30. The molecule has 1 aromatic rings. The van der Waals surface area contributed by atoms with Crippen molar-refractivity contribution in [3.8, 4) is 0 Å². The van der Waals surface area contributed by atoms with Crippen LogP contribution in [0.4, 0.5) is 0 Å². The molecule has 7 nitrogen and oxygen atoms in total. The zero-order chi connectivity index (χ0) is 18.4. The van der Waals surface area contributed by atoms with Gasteiger partial charge in [0.15, 0.2) is 0 Å². The van der Waals surface area contributed by atoms with Crippen LogP contribution in [0.2, 0.25) is 0 Å². The number of rotatable bonds is 6. The number of carbonyl (C=O) groups excluding carboxylic acids is 2. The number of hydrogen-bond donors (Lipinski definition) is 1. The van der Waals surface area contributed by atoms with E-state index in [9.17, 15) is 18.0 Å². The molecule has 2 rings (SSSR count). The van der Waals surface area contributed by atoms with Gasteiger partial charge < -0.3 is 10.1 Å². The van der Waals surface area contributed by atoms with Crippen molar-refractivity contribution in [2.75, 3.05) is 20.2 Å². The predicted octanol–water partition coefficient (Wildman–Crippen LogP) is 1.54. The maximum Gasteiger partial charge on any atom is 0.307 e. The quantitative estimate of drug-likeness (QED) is 0.769. The Bertz CT molecular complexity index is 732. The van der Waals surface area contributed by atoms with Crippen LogP contribution >= 0.6 is 0 Å². The highest BCUT2D eigenvalue weighted by atomic mass is 32.2. The highest BCUT2D eigenvalue weighted by Crippen LogP contribution is 2.25. The number of sulfonamides is 1. The van der Waals surface area contributed by atoms with Crippen molar-refractivity contribution in [2.24, 2.45) is 0 Å². The molecule has 138 valence electrons. The van der Waals surface area contributed by atoms with E-state index in [1.54, 1.807) is 12.1 Å². The van der Waals surface area contributed by atoms with Crippen LogP contribution in [-0.2, 0) is 19.6 Å². The van der Waals surface area contributed by atoms with Crippen LogP contribution in [0.25, 0.3) is 0 Å². The van der Waals surface area contributed by atoms with Crippen molar-refractivity contribution in [3.05, 3.63) is 29.8 Å². The number of benzene rings is 1. The van der Waals surface area contributed by atoms with Crippen molar-refractivity contribution in [3.63, 3.8) is 0 Å². The molecule has 1 amide bonds. The van der Waals surface area contributed by atoms with Crippen molar-refractivity contribution >= 4 is 21.9 Å². The summed E-state index contributed by atoms with van der Waals surface area (Å²) in [5.74, 6) is -0.844. The largest absolute Gasteiger partial charge is 0.469 e. The minimum Gasteiger partial charge on any atom is -0.469 e. The first-order chi connectivity index (χ1) is 11.9. The van der Waals surface area contributed by atoms with Crippen molar-refractivity contribution in [1.29, 1.82) is 0 Å². The highest BCUT2D eigenvalue weighted by Gasteiger charge is 2.31. The van der Waals surface area contributed by atoms with Gasteiger partial charge in [-0.1, -0.05) is 12.5 Å². The molecule has 1 aliphatic rings. The van der Waals surface area contributed by atoms with Crippen molar-refractivity contribution in [2.45, 2.75) is 43.5 Å². The van der Waals surface area contributed by atoms with Gasteiger partial charge in [-0.3, -0.25) is 9.59 Å². The maximum atomic E-state index is 12.8. The smallest absolute Gasteiger partial charge is 0.307 e. The Morgan fingerprint density at radius 1 is 1.32 bits per heavy atom. The van der Waals surface area contributed by atoms with Crippen LogP contribution < -0.4 is 5.32 Å². The lowest BCUT2D eigenvalue weighted by Gasteiger charge is -2.32. The number of nitrogens with one attached hydrogen (secondary N) is 1. The highest BCUT2D eigenvalue weighted by molar-refractivity contribution is 7.89. The first kappa shape index (κ1) is 19.4. The Labute approximate surface area is 148 Å².